The van der Waals surface area contributed by atoms with Gasteiger partial charge < -0.3 is 5.73 Å². The van der Waals surface area contributed by atoms with Crippen molar-refractivity contribution < 1.29 is 4.79 Å². The molecule has 4 heteroatoms. The highest BCUT2D eigenvalue weighted by molar-refractivity contribution is 7.16. The van der Waals surface area contributed by atoms with E-state index < -0.39 is 0 Å². The molecule has 0 atom stereocenters. The lowest BCUT2D eigenvalue weighted by molar-refractivity contribution is 0.103. The second-order valence-electron chi connectivity index (χ2n) is 3.59. The molecule has 0 saturated carbocycles. The van der Waals surface area contributed by atoms with Crippen molar-refractivity contribution >= 4 is 22.1 Å². The molecule has 0 saturated heterocycles. The predicted molar refractivity (Wildman–Crippen MR) is 65.9 cm³/mol. The van der Waals surface area contributed by atoms with E-state index in [1.54, 1.807) is 24.5 Å². The summed E-state index contributed by atoms with van der Waals surface area (Å²) in [5.41, 5.74) is 8.03. The Morgan fingerprint density at radius 3 is 2.69 bits per heavy atom. The Kier molecular flexibility index (Phi) is 2.75. The molecule has 3 nitrogen and oxygen atoms in total. The Balaban J connectivity index is 2.50. The molecule has 82 valence electrons. The third-order valence-electron chi connectivity index (χ3n) is 2.56. The zero-order chi connectivity index (χ0) is 11.7. The first-order chi connectivity index (χ1) is 7.61. The lowest BCUT2D eigenvalue weighted by Crippen LogP contribution is -2.04. The minimum Gasteiger partial charge on any atom is -0.390 e. The number of rotatable bonds is 2. The minimum absolute atomic E-state index is 0.0487. The van der Waals surface area contributed by atoms with Gasteiger partial charge in [0.1, 0.15) is 0 Å². The molecule has 0 spiro atoms. The fourth-order valence-electron chi connectivity index (χ4n) is 1.58. The fraction of sp³-hybridized carbons (Fsp3) is 0.167. The second kappa shape index (κ2) is 4.06. The molecule has 0 aliphatic rings. The summed E-state index contributed by atoms with van der Waals surface area (Å²) in [6.45, 7) is 3.89. The number of carbonyl (C=O) groups is 1. The van der Waals surface area contributed by atoms with E-state index in [9.17, 15) is 4.79 Å². The van der Waals surface area contributed by atoms with Gasteiger partial charge >= 0.3 is 0 Å². The number of aromatic nitrogens is 1. The van der Waals surface area contributed by atoms with E-state index in [0.29, 0.717) is 16.1 Å². The van der Waals surface area contributed by atoms with E-state index >= 15 is 0 Å². The van der Waals surface area contributed by atoms with Crippen molar-refractivity contribution in [3.63, 3.8) is 0 Å². The third-order valence-corrected chi connectivity index (χ3v) is 3.60. The van der Waals surface area contributed by atoms with Crippen molar-refractivity contribution in [2.24, 2.45) is 0 Å². The number of pyridine rings is 1. The van der Waals surface area contributed by atoms with Crippen molar-refractivity contribution in [2.75, 3.05) is 5.73 Å². The van der Waals surface area contributed by atoms with Crippen LogP contribution in [0.5, 0.6) is 0 Å². The number of thiophene rings is 1. The second-order valence-corrected chi connectivity index (χ2v) is 4.85. The van der Waals surface area contributed by atoms with Crippen molar-refractivity contribution in [3.05, 3.63) is 46.1 Å². The quantitative estimate of drug-likeness (QED) is 0.810. The zero-order valence-electron chi connectivity index (χ0n) is 9.15. The number of anilines is 1. The molecule has 2 aromatic rings. The molecule has 0 aliphatic carbocycles. The summed E-state index contributed by atoms with van der Waals surface area (Å²) in [6, 6.07) is 3.50. The summed E-state index contributed by atoms with van der Waals surface area (Å²) >= 11 is 1.46. The topological polar surface area (TPSA) is 56.0 Å². The smallest absolute Gasteiger partial charge is 0.197 e. The van der Waals surface area contributed by atoms with E-state index in [4.69, 9.17) is 5.73 Å². The van der Waals surface area contributed by atoms with Crippen LogP contribution in [0.2, 0.25) is 0 Å². The highest BCUT2D eigenvalue weighted by Crippen LogP contribution is 2.31. The van der Waals surface area contributed by atoms with Crippen LogP contribution in [0.3, 0.4) is 0 Å². The summed E-state index contributed by atoms with van der Waals surface area (Å²) in [7, 11) is 0. The van der Waals surface area contributed by atoms with E-state index in [-0.39, 0.29) is 5.78 Å². The molecule has 0 aromatic carbocycles. The van der Waals surface area contributed by atoms with E-state index in [1.165, 1.54) is 11.3 Å². The van der Waals surface area contributed by atoms with E-state index in [0.717, 1.165) is 10.4 Å². The van der Waals surface area contributed by atoms with Crippen LogP contribution in [-0.4, -0.2) is 10.8 Å². The monoisotopic (exact) mass is 232 g/mol. The van der Waals surface area contributed by atoms with Gasteiger partial charge in [-0.25, -0.2) is 0 Å². The van der Waals surface area contributed by atoms with Crippen molar-refractivity contribution in [1.82, 2.24) is 4.98 Å². The Morgan fingerprint density at radius 1 is 1.44 bits per heavy atom. The molecule has 2 heterocycles. The average molecular weight is 232 g/mol. The molecule has 2 aromatic heterocycles. The first-order valence-electron chi connectivity index (χ1n) is 4.91. The third kappa shape index (κ3) is 1.72. The molecule has 0 aliphatic heterocycles. The van der Waals surface area contributed by atoms with Gasteiger partial charge in [-0.2, -0.15) is 0 Å². The summed E-state index contributed by atoms with van der Waals surface area (Å²) in [5, 5.41) is 0.587. The number of nitrogens with zero attached hydrogens (tertiary/aromatic N) is 1. The summed E-state index contributed by atoms with van der Waals surface area (Å²) in [4.78, 5) is 17.2. The van der Waals surface area contributed by atoms with Crippen LogP contribution in [0.25, 0.3) is 0 Å². The molecule has 16 heavy (non-hydrogen) atoms. The summed E-state index contributed by atoms with van der Waals surface area (Å²) in [5.74, 6) is -0.0487. The summed E-state index contributed by atoms with van der Waals surface area (Å²) in [6.07, 6.45) is 3.21. The number of aryl methyl sites for hydroxylation is 1. The maximum absolute atomic E-state index is 12.2. The largest absolute Gasteiger partial charge is 0.390 e. The van der Waals surface area contributed by atoms with Gasteiger partial charge in [-0.05, 0) is 31.5 Å². The molecule has 2 rings (SSSR count). The number of ketones is 1. The number of nitrogen functional groups attached to an aromatic ring is 1. The maximum Gasteiger partial charge on any atom is 0.197 e. The predicted octanol–water partition coefficient (Wildman–Crippen LogP) is 2.57. The Morgan fingerprint density at radius 2 is 2.19 bits per heavy atom. The molecule has 0 amide bonds. The normalized spacial score (nSPS) is 10.4. The first-order valence-corrected chi connectivity index (χ1v) is 5.73. The van der Waals surface area contributed by atoms with Gasteiger partial charge in [0, 0.05) is 22.8 Å². The van der Waals surface area contributed by atoms with Crippen molar-refractivity contribution in [1.29, 1.82) is 0 Å². The summed E-state index contributed by atoms with van der Waals surface area (Å²) < 4.78 is 0. The van der Waals surface area contributed by atoms with Gasteiger partial charge in [0.15, 0.2) is 5.78 Å². The molecule has 0 unspecified atom stereocenters. The molecular formula is C12H12N2OS. The van der Waals surface area contributed by atoms with Crippen LogP contribution >= 0.6 is 11.3 Å². The lowest BCUT2D eigenvalue weighted by Gasteiger charge is -2.01. The molecule has 0 radical (unpaired) electrons. The van der Waals surface area contributed by atoms with Gasteiger partial charge in [0.05, 0.1) is 10.6 Å². The number of carbonyl (C=O) groups excluding carboxylic acids is 1. The van der Waals surface area contributed by atoms with Crippen LogP contribution in [0.15, 0.2) is 24.5 Å². The number of hydrogen-bond donors (Lipinski definition) is 1. The van der Waals surface area contributed by atoms with Crippen LogP contribution in [-0.2, 0) is 0 Å². The Hall–Kier alpha value is -1.68. The molecule has 2 N–H and O–H groups in total. The Labute approximate surface area is 97.9 Å². The van der Waals surface area contributed by atoms with Gasteiger partial charge in [-0.3, -0.25) is 9.78 Å². The van der Waals surface area contributed by atoms with Crippen molar-refractivity contribution in [3.8, 4) is 0 Å². The van der Waals surface area contributed by atoms with Crippen molar-refractivity contribution in [2.45, 2.75) is 13.8 Å². The van der Waals surface area contributed by atoms with Crippen LogP contribution in [0.4, 0.5) is 5.00 Å². The first kappa shape index (κ1) is 10.8. The number of hydrogen-bond acceptors (Lipinski definition) is 4. The van der Waals surface area contributed by atoms with E-state index in [1.807, 2.05) is 13.8 Å². The highest BCUT2D eigenvalue weighted by Gasteiger charge is 2.18. The highest BCUT2D eigenvalue weighted by atomic mass is 32.1. The zero-order valence-corrected chi connectivity index (χ0v) is 9.97. The fourth-order valence-corrected chi connectivity index (χ4v) is 2.51. The van der Waals surface area contributed by atoms with Gasteiger partial charge in [0.2, 0.25) is 0 Å². The molecule has 0 bridgehead atoms. The van der Waals surface area contributed by atoms with Gasteiger partial charge in [-0.15, -0.1) is 11.3 Å². The number of nitrogens with two attached hydrogens (primary N) is 1. The Bertz CT molecular complexity index is 531. The minimum atomic E-state index is -0.0487. The average Bonchev–Trinajstić information content (AvgIpc) is 2.54. The maximum atomic E-state index is 12.2. The SMILES string of the molecule is Cc1sc(N)c(C(=O)c2cccnc2)c1C. The van der Waals surface area contributed by atoms with E-state index in [2.05, 4.69) is 4.98 Å². The molecular weight excluding hydrogens is 220 g/mol. The standard InChI is InChI=1S/C12H12N2OS/c1-7-8(2)16-12(13)10(7)11(15)9-4-3-5-14-6-9/h3-6H,13H2,1-2H3. The molecule has 0 fully saturated rings. The lowest BCUT2D eigenvalue weighted by atomic mass is 10.0. The van der Waals surface area contributed by atoms with Gasteiger partial charge in [-0.1, -0.05) is 0 Å². The van der Waals surface area contributed by atoms with Crippen LogP contribution < -0.4 is 5.73 Å². The van der Waals surface area contributed by atoms with Gasteiger partial charge in [0.25, 0.3) is 0 Å². The van der Waals surface area contributed by atoms with Crippen LogP contribution in [0.1, 0.15) is 26.4 Å². The van der Waals surface area contributed by atoms with Crippen LogP contribution in [0, 0.1) is 13.8 Å².